The Kier molecular flexibility index (Phi) is 2.74. The zero-order valence-electron chi connectivity index (χ0n) is 11.0. The van der Waals surface area contributed by atoms with Gasteiger partial charge in [-0.3, -0.25) is 0 Å². The van der Waals surface area contributed by atoms with Crippen LogP contribution in [0.5, 0.6) is 0 Å². The second-order valence-electron chi connectivity index (χ2n) is 6.99. The molecular weight excluding hydrogens is 350 g/mol. The summed E-state index contributed by atoms with van der Waals surface area (Å²) in [4.78, 5) is 0. The molecule has 0 radical (unpaired) electrons. The SMILES string of the molecule is C=C1CC2CCC1([Se][Se]C13CCC(CC1=C)C3)C2. The molecule has 0 aliphatic heterocycles. The molecule has 0 aromatic rings. The summed E-state index contributed by atoms with van der Waals surface area (Å²) in [6.45, 7) is 8.87. The monoisotopic (exact) mass is 374 g/mol. The van der Waals surface area contributed by atoms with Crippen LogP contribution in [0.15, 0.2) is 24.3 Å². The molecule has 4 bridgehead atoms. The van der Waals surface area contributed by atoms with E-state index in [2.05, 4.69) is 13.2 Å². The average Bonchev–Trinajstić information content (AvgIpc) is 3.04. The standard InChI is InChI=1S/C16H22Se2/c1-11-7-13-3-5-15(11,9-13)17-18-16-6-4-14(10-16)8-12(16)2/h13-14H,1-10H2. The van der Waals surface area contributed by atoms with E-state index in [-0.39, 0.29) is 0 Å². The number of rotatable bonds is 3. The van der Waals surface area contributed by atoms with Gasteiger partial charge in [0.2, 0.25) is 0 Å². The molecule has 4 rings (SSSR count). The minimum absolute atomic E-state index is 0.660. The summed E-state index contributed by atoms with van der Waals surface area (Å²) in [5.41, 5.74) is 3.30. The van der Waals surface area contributed by atoms with Gasteiger partial charge in [-0.15, -0.1) is 0 Å². The fraction of sp³-hybridized carbons (Fsp3) is 0.750. The first-order valence-corrected chi connectivity index (χ1v) is 13.4. The average molecular weight is 372 g/mol. The summed E-state index contributed by atoms with van der Waals surface area (Å²) in [6, 6.07) is 0. The topological polar surface area (TPSA) is 0 Å². The van der Waals surface area contributed by atoms with E-state index in [1.165, 1.54) is 51.4 Å². The van der Waals surface area contributed by atoms with Crippen LogP contribution in [0.3, 0.4) is 0 Å². The third kappa shape index (κ3) is 1.62. The summed E-state index contributed by atoms with van der Waals surface area (Å²) in [5, 5.41) is 0. The van der Waals surface area contributed by atoms with Gasteiger partial charge in [-0.2, -0.15) is 0 Å². The first-order valence-electron chi connectivity index (χ1n) is 7.35. The van der Waals surface area contributed by atoms with Crippen molar-refractivity contribution in [1.82, 2.24) is 0 Å². The Morgan fingerprint density at radius 2 is 1.28 bits per heavy atom. The van der Waals surface area contributed by atoms with Gasteiger partial charge in [-0.05, 0) is 0 Å². The van der Waals surface area contributed by atoms with Gasteiger partial charge in [0.05, 0.1) is 0 Å². The van der Waals surface area contributed by atoms with E-state index in [0.717, 1.165) is 38.1 Å². The van der Waals surface area contributed by atoms with Crippen LogP contribution in [0.1, 0.15) is 51.4 Å². The fourth-order valence-corrected chi connectivity index (χ4v) is 17.7. The predicted molar refractivity (Wildman–Crippen MR) is 79.1 cm³/mol. The molecule has 4 fully saturated rings. The molecular formula is C16H22Se2. The van der Waals surface area contributed by atoms with Crippen LogP contribution in [-0.4, -0.2) is 26.3 Å². The molecule has 4 aliphatic rings. The van der Waals surface area contributed by atoms with Crippen molar-refractivity contribution in [3.63, 3.8) is 0 Å². The van der Waals surface area contributed by atoms with Crippen molar-refractivity contribution in [2.24, 2.45) is 11.8 Å². The second-order valence-corrected chi connectivity index (χ2v) is 14.6. The summed E-state index contributed by atoms with van der Waals surface area (Å²) >= 11 is 1.70. The van der Waals surface area contributed by atoms with Crippen LogP contribution in [0.2, 0.25) is 8.63 Å². The van der Waals surface area contributed by atoms with E-state index in [0.29, 0.717) is 8.63 Å². The van der Waals surface area contributed by atoms with Gasteiger partial charge in [-0.25, -0.2) is 0 Å². The Bertz CT molecular complexity index is 387. The van der Waals surface area contributed by atoms with Gasteiger partial charge in [0.25, 0.3) is 0 Å². The van der Waals surface area contributed by atoms with E-state index in [1.807, 2.05) is 0 Å². The number of fused-ring (bicyclic) bond motifs is 4. The van der Waals surface area contributed by atoms with E-state index in [1.54, 1.807) is 11.1 Å². The van der Waals surface area contributed by atoms with Crippen LogP contribution >= 0.6 is 0 Å². The van der Waals surface area contributed by atoms with E-state index in [4.69, 9.17) is 0 Å². The molecule has 0 N–H and O–H groups in total. The number of allylic oxidation sites excluding steroid dienone is 2. The molecule has 0 heterocycles. The summed E-state index contributed by atoms with van der Waals surface area (Å²) in [6.07, 6.45) is 11.8. The Morgan fingerprint density at radius 1 is 0.833 bits per heavy atom. The van der Waals surface area contributed by atoms with Crippen molar-refractivity contribution < 1.29 is 0 Å². The molecule has 4 saturated carbocycles. The van der Waals surface area contributed by atoms with Crippen LogP contribution in [0.25, 0.3) is 0 Å². The quantitative estimate of drug-likeness (QED) is 0.516. The minimum atomic E-state index is 0.660. The Hall–Kier alpha value is 0.519. The van der Waals surface area contributed by atoms with Gasteiger partial charge in [-0.1, -0.05) is 0 Å². The molecule has 0 amide bonds. The van der Waals surface area contributed by atoms with Crippen molar-refractivity contribution in [3.8, 4) is 0 Å². The molecule has 4 atom stereocenters. The molecule has 18 heavy (non-hydrogen) atoms. The van der Waals surface area contributed by atoms with Gasteiger partial charge < -0.3 is 0 Å². The Labute approximate surface area is 122 Å². The molecule has 0 saturated heterocycles. The first-order chi connectivity index (χ1) is 8.62. The molecule has 98 valence electrons. The summed E-state index contributed by atoms with van der Waals surface area (Å²) < 4.78 is 1.32. The summed E-state index contributed by atoms with van der Waals surface area (Å²) in [5.74, 6) is 2.05. The second kappa shape index (κ2) is 4.01. The number of hydrogen-bond donors (Lipinski definition) is 0. The van der Waals surface area contributed by atoms with Gasteiger partial charge >= 0.3 is 122 Å². The van der Waals surface area contributed by atoms with Gasteiger partial charge in [0.1, 0.15) is 0 Å². The molecule has 0 aromatic carbocycles. The van der Waals surface area contributed by atoms with E-state index < -0.39 is 0 Å². The molecule has 2 heteroatoms. The maximum atomic E-state index is 4.44. The maximum absolute atomic E-state index is 4.44. The molecule has 4 aliphatic carbocycles. The van der Waals surface area contributed by atoms with E-state index >= 15 is 0 Å². The normalized spacial score (nSPS) is 49.6. The van der Waals surface area contributed by atoms with E-state index in [9.17, 15) is 0 Å². The van der Waals surface area contributed by atoms with Crippen LogP contribution < -0.4 is 0 Å². The summed E-state index contributed by atoms with van der Waals surface area (Å²) in [7, 11) is 0. The molecule has 0 spiro atoms. The van der Waals surface area contributed by atoms with Crippen molar-refractivity contribution >= 4 is 26.3 Å². The van der Waals surface area contributed by atoms with Crippen LogP contribution in [-0.2, 0) is 0 Å². The predicted octanol–water partition coefficient (Wildman–Crippen LogP) is 4.15. The Balaban J connectivity index is 1.50. The molecule has 4 unspecified atom stereocenters. The molecule has 0 nitrogen and oxygen atoms in total. The van der Waals surface area contributed by atoms with Crippen LogP contribution in [0.4, 0.5) is 0 Å². The molecule has 0 aromatic heterocycles. The fourth-order valence-electron chi connectivity index (χ4n) is 4.70. The zero-order chi connectivity index (χ0) is 12.4. The van der Waals surface area contributed by atoms with Crippen molar-refractivity contribution in [2.45, 2.75) is 60.0 Å². The third-order valence-corrected chi connectivity index (χ3v) is 18.0. The Morgan fingerprint density at radius 3 is 1.56 bits per heavy atom. The third-order valence-electron chi connectivity index (χ3n) is 5.87. The van der Waals surface area contributed by atoms with Crippen molar-refractivity contribution in [1.29, 1.82) is 0 Å². The van der Waals surface area contributed by atoms with Gasteiger partial charge in [0.15, 0.2) is 0 Å². The number of hydrogen-bond acceptors (Lipinski definition) is 0. The van der Waals surface area contributed by atoms with Crippen molar-refractivity contribution in [2.75, 3.05) is 0 Å². The van der Waals surface area contributed by atoms with Crippen molar-refractivity contribution in [3.05, 3.63) is 24.3 Å². The first kappa shape index (κ1) is 12.3. The zero-order valence-corrected chi connectivity index (χ0v) is 14.5. The van der Waals surface area contributed by atoms with Gasteiger partial charge in [0, 0.05) is 0 Å². The van der Waals surface area contributed by atoms with Crippen LogP contribution in [0, 0.1) is 11.8 Å².